The van der Waals surface area contributed by atoms with Gasteiger partial charge >= 0.3 is 0 Å². The summed E-state index contributed by atoms with van der Waals surface area (Å²) < 4.78 is 0. The maximum Gasteiger partial charge on any atom is 0.237 e. The average molecular weight is 298 g/mol. The second-order valence-corrected chi connectivity index (χ2v) is 5.09. The van der Waals surface area contributed by atoms with E-state index in [1.807, 2.05) is 0 Å². The summed E-state index contributed by atoms with van der Waals surface area (Å²) in [5, 5.41) is 6.48. The number of halogens is 2. The zero-order chi connectivity index (χ0) is 11.4. The molecule has 2 rings (SSSR count). The molecule has 0 bridgehead atoms. The molecule has 18 heavy (non-hydrogen) atoms. The largest absolute Gasteiger partial charge is 0.352 e. The van der Waals surface area contributed by atoms with Crippen LogP contribution in [0.2, 0.25) is 0 Å². The van der Waals surface area contributed by atoms with Crippen molar-refractivity contribution in [2.45, 2.75) is 44.2 Å². The molecule has 2 heterocycles. The third-order valence-corrected chi connectivity index (χ3v) is 3.69. The lowest BCUT2D eigenvalue weighted by molar-refractivity contribution is -0.124. The Labute approximate surface area is 122 Å². The highest BCUT2D eigenvalue weighted by molar-refractivity contribution is 5.85. The molecule has 0 aromatic carbocycles. The lowest BCUT2D eigenvalue weighted by Gasteiger charge is -2.31. The first kappa shape index (κ1) is 18.0. The summed E-state index contributed by atoms with van der Waals surface area (Å²) in [5.41, 5.74) is 0. The topological polar surface area (TPSA) is 44.4 Å². The molecule has 6 heteroatoms. The van der Waals surface area contributed by atoms with Crippen molar-refractivity contribution in [1.29, 1.82) is 0 Å². The first-order valence-electron chi connectivity index (χ1n) is 6.48. The molecule has 2 saturated heterocycles. The summed E-state index contributed by atoms with van der Waals surface area (Å²) in [4.78, 5) is 14.3. The van der Waals surface area contributed by atoms with Gasteiger partial charge in [0, 0.05) is 6.04 Å². The fraction of sp³-hybridized carbons (Fsp3) is 0.917. The number of amides is 1. The molecule has 1 amide bonds. The molecule has 2 N–H and O–H groups in total. The predicted molar refractivity (Wildman–Crippen MR) is 78.8 cm³/mol. The molecule has 1 atom stereocenters. The Balaban J connectivity index is 0.00000144. The Morgan fingerprint density at radius 2 is 1.83 bits per heavy atom. The number of nitrogens with zero attached hydrogens (tertiary/aromatic N) is 1. The van der Waals surface area contributed by atoms with Crippen molar-refractivity contribution in [2.75, 3.05) is 26.7 Å². The van der Waals surface area contributed by atoms with Gasteiger partial charge in [0.1, 0.15) is 0 Å². The third kappa shape index (κ3) is 5.31. The van der Waals surface area contributed by atoms with Crippen LogP contribution in [0.3, 0.4) is 0 Å². The maximum atomic E-state index is 12.0. The Morgan fingerprint density at radius 1 is 1.17 bits per heavy atom. The zero-order valence-electron chi connectivity index (χ0n) is 11.0. The van der Waals surface area contributed by atoms with Crippen molar-refractivity contribution >= 4 is 30.7 Å². The van der Waals surface area contributed by atoms with Crippen molar-refractivity contribution in [2.24, 2.45) is 0 Å². The maximum absolute atomic E-state index is 12.0. The van der Waals surface area contributed by atoms with E-state index in [9.17, 15) is 4.79 Å². The zero-order valence-corrected chi connectivity index (χ0v) is 12.6. The molecule has 0 saturated carbocycles. The molecule has 108 valence electrons. The molecular weight excluding hydrogens is 273 g/mol. The number of piperidine rings is 2. The van der Waals surface area contributed by atoms with Gasteiger partial charge in [0.05, 0.1) is 6.04 Å². The number of carbonyl (C=O) groups excluding carboxylic acids is 1. The number of carbonyl (C=O) groups is 1. The van der Waals surface area contributed by atoms with E-state index in [0.29, 0.717) is 6.04 Å². The van der Waals surface area contributed by atoms with Crippen LogP contribution < -0.4 is 10.6 Å². The van der Waals surface area contributed by atoms with Crippen molar-refractivity contribution < 1.29 is 4.79 Å². The van der Waals surface area contributed by atoms with Crippen molar-refractivity contribution in [3.05, 3.63) is 0 Å². The van der Waals surface area contributed by atoms with Gasteiger partial charge in [-0.3, -0.25) is 4.79 Å². The molecular formula is C12H25Cl2N3O. The van der Waals surface area contributed by atoms with Crippen molar-refractivity contribution in [1.82, 2.24) is 15.5 Å². The second kappa shape index (κ2) is 8.97. The Kier molecular flexibility index (Phi) is 8.95. The van der Waals surface area contributed by atoms with Crippen molar-refractivity contribution in [3.63, 3.8) is 0 Å². The van der Waals surface area contributed by atoms with E-state index < -0.39 is 0 Å². The number of nitrogens with one attached hydrogen (secondary N) is 2. The number of hydrogen-bond donors (Lipinski definition) is 2. The molecule has 2 fully saturated rings. The Bertz CT molecular complexity index is 239. The average Bonchev–Trinajstić information content (AvgIpc) is 2.33. The summed E-state index contributed by atoms with van der Waals surface area (Å²) in [6, 6.07) is 0.459. The second-order valence-electron chi connectivity index (χ2n) is 5.09. The first-order chi connectivity index (χ1) is 7.75. The van der Waals surface area contributed by atoms with Gasteiger partial charge in [0.25, 0.3) is 0 Å². The van der Waals surface area contributed by atoms with Crippen molar-refractivity contribution in [3.8, 4) is 0 Å². The Hall–Kier alpha value is -0.0300. The van der Waals surface area contributed by atoms with E-state index >= 15 is 0 Å². The fourth-order valence-corrected chi connectivity index (χ4v) is 2.53. The summed E-state index contributed by atoms with van der Waals surface area (Å²) in [5.74, 6) is 0.217. The van der Waals surface area contributed by atoms with E-state index in [0.717, 1.165) is 38.9 Å². The summed E-state index contributed by atoms with van der Waals surface area (Å²) in [7, 11) is 2.14. The number of hydrogen-bond acceptors (Lipinski definition) is 3. The van der Waals surface area contributed by atoms with Crippen LogP contribution in [-0.4, -0.2) is 49.6 Å². The minimum absolute atomic E-state index is 0. The van der Waals surface area contributed by atoms with Crippen LogP contribution in [0, 0.1) is 0 Å². The van der Waals surface area contributed by atoms with Gasteiger partial charge in [-0.1, -0.05) is 6.42 Å². The first-order valence-corrected chi connectivity index (χ1v) is 6.48. The van der Waals surface area contributed by atoms with Crippen LogP contribution in [0.15, 0.2) is 0 Å². The highest BCUT2D eigenvalue weighted by Gasteiger charge is 2.24. The van der Waals surface area contributed by atoms with Crippen LogP contribution in [-0.2, 0) is 4.79 Å². The highest BCUT2D eigenvalue weighted by Crippen LogP contribution is 2.11. The monoisotopic (exact) mass is 297 g/mol. The van der Waals surface area contributed by atoms with E-state index in [1.54, 1.807) is 0 Å². The lowest BCUT2D eigenvalue weighted by Crippen LogP contribution is -2.51. The summed E-state index contributed by atoms with van der Waals surface area (Å²) in [6.45, 7) is 3.19. The van der Waals surface area contributed by atoms with E-state index in [-0.39, 0.29) is 36.8 Å². The third-order valence-electron chi connectivity index (χ3n) is 3.69. The standard InChI is InChI=1S/C12H23N3O.2ClH/c1-15-8-5-10(6-9-15)14-12(16)11-4-2-3-7-13-11;;/h10-11,13H,2-9H2,1H3,(H,14,16);2*1H/t11-;;/m1../s1. The van der Waals surface area contributed by atoms with Gasteiger partial charge in [0.2, 0.25) is 5.91 Å². The summed E-state index contributed by atoms with van der Waals surface area (Å²) >= 11 is 0. The smallest absolute Gasteiger partial charge is 0.237 e. The molecule has 0 radical (unpaired) electrons. The normalized spacial score (nSPS) is 25.7. The number of likely N-dealkylation sites (tertiary alicyclic amines) is 1. The van der Waals surface area contributed by atoms with Gasteiger partial charge in [-0.15, -0.1) is 24.8 Å². The molecule has 2 aliphatic heterocycles. The molecule has 0 aliphatic carbocycles. The number of rotatable bonds is 2. The predicted octanol–water partition coefficient (Wildman–Crippen LogP) is 1.18. The van der Waals surface area contributed by atoms with Crippen LogP contribution in [0.1, 0.15) is 32.1 Å². The minimum Gasteiger partial charge on any atom is -0.352 e. The lowest BCUT2D eigenvalue weighted by atomic mass is 10.0. The minimum atomic E-state index is 0. The van der Waals surface area contributed by atoms with Crippen LogP contribution >= 0.6 is 24.8 Å². The van der Waals surface area contributed by atoms with Gasteiger partial charge in [-0.05, 0) is 52.4 Å². The van der Waals surface area contributed by atoms with Gasteiger partial charge in [-0.2, -0.15) is 0 Å². The van der Waals surface area contributed by atoms with Gasteiger partial charge in [0.15, 0.2) is 0 Å². The van der Waals surface area contributed by atoms with E-state index in [1.165, 1.54) is 12.8 Å². The molecule has 4 nitrogen and oxygen atoms in total. The molecule has 0 aromatic heterocycles. The van der Waals surface area contributed by atoms with Crippen LogP contribution in [0.4, 0.5) is 0 Å². The van der Waals surface area contributed by atoms with Gasteiger partial charge in [-0.25, -0.2) is 0 Å². The fourth-order valence-electron chi connectivity index (χ4n) is 2.53. The van der Waals surface area contributed by atoms with Crippen LogP contribution in [0.25, 0.3) is 0 Å². The van der Waals surface area contributed by atoms with E-state index in [4.69, 9.17) is 0 Å². The molecule has 0 unspecified atom stereocenters. The quantitative estimate of drug-likeness (QED) is 0.805. The van der Waals surface area contributed by atoms with Gasteiger partial charge < -0.3 is 15.5 Å². The highest BCUT2D eigenvalue weighted by atomic mass is 35.5. The van der Waals surface area contributed by atoms with Crippen LogP contribution in [0.5, 0.6) is 0 Å². The molecule has 0 aromatic rings. The summed E-state index contributed by atoms with van der Waals surface area (Å²) in [6.07, 6.45) is 5.57. The molecule has 0 spiro atoms. The Morgan fingerprint density at radius 3 is 2.39 bits per heavy atom. The molecule has 2 aliphatic rings. The van der Waals surface area contributed by atoms with E-state index in [2.05, 4.69) is 22.6 Å². The SMILES string of the molecule is CN1CCC(NC(=O)[C@H]2CCCCN2)CC1.Cl.Cl.